The maximum absolute atomic E-state index is 6.18. The Hall–Kier alpha value is -1.22. The van der Waals surface area contributed by atoms with Crippen LogP contribution >= 0.6 is 23.2 Å². The number of ether oxygens (including phenoxy) is 1. The molecule has 100 valence electrons. The smallest absolute Gasteiger partial charge is 0.130 e. The number of nitrogens with two attached hydrogens (primary N) is 1. The van der Waals surface area contributed by atoms with Gasteiger partial charge in [-0.3, -0.25) is 0 Å². The molecule has 19 heavy (non-hydrogen) atoms. The molecule has 0 heterocycles. The van der Waals surface area contributed by atoms with Gasteiger partial charge in [-0.05, 0) is 61.3 Å². The van der Waals surface area contributed by atoms with Gasteiger partial charge in [0.25, 0.3) is 0 Å². The zero-order valence-electron chi connectivity index (χ0n) is 10.6. The first-order chi connectivity index (χ1) is 9.10. The van der Waals surface area contributed by atoms with Gasteiger partial charge in [-0.25, -0.2) is 0 Å². The second-order valence-corrected chi connectivity index (χ2v) is 5.15. The minimum absolute atomic E-state index is 0.580. The molecule has 0 saturated carbocycles. The van der Waals surface area contributed by atoms with Crippen molar-refractivity contribution in [3.63, 3.8) is 0 Å². The van der Waals surface area contributed by atoms with Gasteiger partial charge in [0.15, 0.2) is 0 Å². The third-order valence-corrected chi connectivity index (χ3v) is 3.39. The summed E-state index contributed by atoms with van der Waals surface area (Å²) in [7, 11) is 0. The fraction of sp³-hybridized carbons (Fsp3) is 0.200. The number of hydrogen-bond donors (Lipinski definition) is 1. The minimum atomic E-state index is 0.580. The van der Waals surface area contributed by atoms with Crippen molar-refractivity contribution < 1.29 is 4.74 Å². The third-order valence-electron chi connectivity index (χ3n) is 2.80. The Labute approximate surface area is 123 Å². The van der Waals surface area contributed by atoms with Gasteiger partial charge in [0.1, 0.15) is 11.5 Å². The second-order valence-electron chi connectivity index (χ2n) is 4.30. The summed E-state index contributed by atoms with van der Waals surface area (Å²) >= 11 is 12.1. The van der Waals surface area contributed by atoms with Crippen LogP contribution in [0.3, 0.4) is 0 Å². The Morgan fingerprint density at radius 2 is 1.89 bits per heavy atom. The first-order valence-corrected chi connectivity index (χ1v) is 6.78. The summed E-state index contributed by atoms with van der Waals surface area (Å²) in [5, 5.41) is 1.37. The van der Waals surface area contributed by atoms with Crippen molar-refractivity contribution in [2.75, 3.05) is 6.54 Å². The number of benzene rings is 2. The quantitative estimate of drug-likeness (QED) is 0.895. The molecule has 0 amide bonds. The summed E-state index contributed by atoms with van der Waals surface area (Å²) in [5.74, 6) is 1.48. The van der Waals surface area contributed by atoms with Crippen LogP contribution in [0.5, 0.6) is 11.5 Å². The lowest BCUT2D eigenvalue weighted by Gasteiger charge is -2.10. The van der Waals surface area contributed by atoms with E-state index in [1.807, 2.05) is 31.2 Å². The highest BCUT2D eigenvalue weighted by Gasteiger charge is 2.05. The molecule has 2 aromatic rings. The molecule has 0 saturated heterocycles. The fourth-order valence-corrected chi connectivity index (χ4v) is 2.30. The average Bonchev–Trinajstić information content (AvgIpc) is 2.36. The van der Waals surface area contributed by atoms with E-state index in [1.165, 1.54) is 0 Å². The van der Waals surface area contributed by atoms with Crippen molar-refractivity contribution in [3.05, 3.63) is 57.6 Å². The molecule has 0 unspecified atom stereocenters. The first-order valence-electron chi connectivity index (χ1n) is 6.02. The lowest BCUT2D eigenvalue weighted by atomic mass is 10.1. The van der Waals surface area contributed by atoms with Crippen LogP contribution in [-0.4, -0.2) is 6.54 Å². The molecule has 2 rings (SSSR count). The topological polar surface area (TPSA) is 35.2 Å². The minimum Gasteiger partial charge on any atom is -0.457 e. The molecule has 0 fully saturated rings. The van der Waals surface area contributed by atoms with E-state index in [1.54, 1.807) is 12.1 Å². The summed E-state index contributed by atoms with van der Waals surface area (Å²) in [6.07, 6.45) is 0.763. The molecular weight excluding hydrogens is 281 g/mol. The van der Waals surface area contributed by atoms with Crippen LogP contribution in [0.1, 0.15) is 11.1 Å². The zero-order chi connectivity index (χ0) is 13.8. The summed E-state index contributed by atoms with van der Waals surface area (Å²) in [6, 6.07) is 11.1. The molecule has 0 aliphatic heterocycles. The maximum Gasteiger partial charge on any atom is 0.130 e. The van der Waals surface area contributed by atoms with Crippen LogP contribution < -0.4 is 10.5 Å². The summed E-state index contributed by atoms with van der Waals surface area (Å²) in [4.78, 5) is 0. The third kappa shape index (κ3) is 3.63. The number of hydrogen-bond acceptors (Lipinski definition) is 2. The number of rotatable bonds is 4. The Balaban J connectivity index is 2.21. The van der Waals surface area contributed by atoms with Gasteiger partial charge < -0.3 is 10.5 Å². The molecule has 0 spiro atoms. The van der Waals surface area contributed by atoms with E-state index in [0.29, 0.717) is 22.3 Å². The molecule has 4 heteroatoms. The molecule has 2 nitrogen and oxygen atoms in total. The Kier molecular flexibility index (Phi) is 4.70. The monoisotopic (exact) mass is 295 g/mol. The molecule has 0 aromatic heterocycles. The SMILES string of the molecule is Cc1cc(Cl)ccc1Oc1ccc(CCN)c(Cl)c1. The Morgan fingerprint density at radius 3 is 2.53 bits per heavy atom. The van der Waals surface area contributed by atoms with E-state index >= 15 is 0 Å². The zero-order valence-corrected chi connectivity index (χ0v) is 12.1. The molecule has 0 bridgehead atoms. The standard InChI is InChI=1S/C15H15Cl2NO/c1-10-8-12(16)3-5-15(10)19-13-4-2-11(6-7-18)14(17)9-13/h2-5,8-9H,6-7,18H2,1H3. The van der Waals surface area contributed by atoms with Crippen LogP contribution in [0.2, 0.25) is 10.0 Å². The van der Waals surface area contributed by atoms with Crippen LogP contribution in [0.15, 0.2) is 36.4 Å². The van der Waals surface area contributed by atoms with Gasteiger partial charge in [-0.1, -0.05) is 29.3 Å². The number of halogens is 2. The second kappa shape index (κ2) is 6.29. The Morgan fingerprint density at radius 1 is 1.11 bits per heavy atom. The maximum atomic E-state index is 6.18. The summed E-state index contributed by atoms with van der Waals surface area (Å²) < 4.78 is 5.80. The molecule has 2 N–H and O–H groups in total. The lowest BCUT2D eigenvalue weighted by Crippen LogP contribution is -2.03. The predicted octanol–water partition coefficient (Wildman–Crippen LogP) is 4.60. The largest absolute Gasteiger partial charge is 0.457 e. The number of aryl methyl sites for hydroxylation is 1. The van der Waals surface area contributed by atoms with Crippen molar-refractivity contribution in [2.24, 2.45) is 5.73 Å². The van der Waals surface area contributed by atoms with E-state index in [4.69, 9.17) is 33.7 Å². The van der Waals surface area contributed by atoms with Crippen molar-refractivity contribution >= 4 is 23.2 Å². The molecular formula is C15H15Cl2NO. The highest BCUT2D eigenvalue weighted by Crippen LogP contribution is 2.30. The van der Waals surface area contributed by atoms with Gasteiger partial charge in [-0.2, -0.15) is 0 Å². The van der Waals surface area contributed by atoms with Crippen LogP contribution in [-0.2, 0) is 6.42 Å². The van der Waals surface area contributed by atoms with Crippen molar-refractivity contribution in [3.8, 4) is 11.5 Å². The normalized spacial score (nSPS) is 10.5. The highest BCUT2D eigenvalue weighted by molar-refractivity contribution is 6.31. The van der Waals surface area contributed by atoms with Gasteiger partial charge in [-0.15, -0.1) is 0 Å². The van der Waals surface area contributed by atoms with Crippen molar-refractivity contribution in [1.29, 1.82) is 0 Å². The van der Waals surface area contributed by atoms with E-state index in [0.717, 1.165) is 23.3 Å². The van der Waals surface area contributed by atoms with Crippen molar-refractivity contribution in [1.82, 2.24) is 0 Å². The Bertz CT molecular complexity index is 584. The van der Waals surface area contributed by atoms with Crippen molar-refractivity contribution in [2.45, 2.75) is 13.3 Å². The molecule has 0 aliphatic rings. The summed E-state index contributed by atoms with van der Waals surface area (Å²) in [5.41, 5.74) is 7.54. The first kappa shape index (κ1) is 14.2. The molecule has 0 aliphatic carbocycles. The van der Waals surface area contributed by atoms with Gasteiger partial charge in [0, 0.05) is 10.0 Å². The highest BCUT2D eigenvalue weighted by atomic mass is 35.5. The van der Waals surface area contributed by atoms with Crippen LogP contribution in [0.25, 0.3) is 0 Å². The van der Waals surface area contributed by atoms with E-state index in [2.05, 4.69) is 0 Å². The van der Waals surface area contributed by atoms with Crippen LogP contribution in [0, 0.1) is 6.92 Å². The molecule has 2 aromatic carbocycles. The van der Waals surface area contributed by atoms with E-state index in [-0.39, 0.29) is 0 Å². The van der Waals surface area contributed by atoms with E-state index < -0.39 is 0 Å². The van der Waals surface area contributed by atoms with Gasteiger partial charge in [0.05, 0.1) is 0 Å². The fourth-order valence-electron chi connectivity index (χ4n) is 1.80. The molecule has 0 atom stereocenters. The van der Waals surface area contributed by atoms with Gasteiger partial charge >= 0.3 is 0 Å². The lowest BCUT2D eigenvalue weighted by molar-refractivity contribution is 0.479. The predicted molar refractivity (Wildman–Crippen MR) is 80.5 cm³/mol. The summed E-state index contributed by atoms with van der Waals surface area (Å²) in [6.45, 7) is 2.53. The molecule has 0 radical (unpaired) electrons. The van der Waals surface area contributed by atoms with Gasteiger partial charge in [0.2, 0.25) is 0 Å². The van der Waals surface area contributed by atoms with E-state index in [9.17, 15) is 0 Å². The van der Waals surface area contributed by atoms with Crippen LogP contribution in [0.4, 0.5) is 0 Å². The average molecular weight is 296 g/mol.